The third-order valence-corrected chi connectivity index (χ3v) is 5.45. The molecule has 0 atom stereocenters. The highest BCUT2D eigenvalue weighted by Gasteiger charge is 2.30. The van der Waals surface area contributed by atoms with Crippen LogP contribution < -0.4 is 4.90 Å². The standard InChI is InChI=1S/C24H22N2O5/c27-21-10-11-22(28)26(21)20-8-6-19(7-9-20)24(30)31-16-23(29)25-14-12-18(13-15-25)17-4-2-1-3-5-17/h1-9,12H,10-11,13-16H2. The minimum Gasteiger partial charge on any atom is -0.452 e. The van der Waals surface area contributed by atoms with Gasteiger partial charge in [0.1, 0.15) is 0 Å². The lowest BCUT2D eigenvalue weighted by molar-refractivity contribution is -0.134. The Hall–Kier alpha value is -3.74. The molecule has 31 heavy (non-hydrogen) atoms. The molecular formula is C24H22N2O5. The number of benzene rings is 2. The molecule has 0 spiro atoms. The van der Waals surface area contributed by atoms with Gasteiger partial charge in [0.25, 0.3) is 5.91 Å². The van der Waals surface area contributed by atoms with Crippen LogP contribution in [0.3, 0.4) is 0 Å². The first-order chi connectivity index (χ1) is 15.0. The number of anilines is 1. The molecule has 1 fully saturated rings. The summed E-state index contributed by atoms with van der Waals surface area (Å²) >= 11 is 0. The van der Waals surface area contributed by atoms with Crippen LogP contribution in [0, 0.1) is 0 Å². The van der Waals surface area contributed by atoms with Crippen molar-refractivity contribution >= 4 is 35.0 Å². The Morgan fingerprint density at radius 3 is 2.16 bits per heavy atom. The van der Waals surface area contributed by atoms with Crippen molar-refractivity contribution < 1.29 is 23.9 Å². The van der Waals surface area contributed by atoms with E-state index in [1.165, 1.54) is 29.8 Å². The molecule has 0 aromatic heterocycles. The highest BCUT2D eigenvalue weighted by atomic mass is 16.5. The fourth-order valence-electron chi connectivity index (χ4n) is 3.72. The van der Waals surface area contributed by atoms with Gasteiger partial charge in [0.15, 0.2) is 6.61 Å². The molecule has 7 nitrogen and oxygen atoms in total. The quantitative estimate of drug-likeness (QED) is 0.551. The summed E-state index contributed by atoms with van der Waals surface area (Å²) in [7, 11) is 0. The molecule has 0 radical (unpaired) electrons. The van der Waals surface area contributed by atoms with E-state index >= 15 is 0 Å². The number of rotatable bonds is 5. The summed E-state index contributed by atoms with van der Waals surface area (Å²) in [5, 5.41) is 0. The predicted octanol–water partition coefficient (Wildman–Crippen LogP) is 2.81. The van der Waals surface area contributed by atoms with E-state index in [1.54, 1.807) is 4.90 Å². The summed E-state index contributed by atoms with van der Waals surface area (Å²) in [4.78, 5) is 51.1. The van der Waals surface area contributed by atoms with Crippen molar-refractivity contribution in [2.45, 2.75) is 19.3 Å². The van der Waals surface area contributed by atoms with E-state index in [-0.39, 0.29) is 42.7 Å². The van der Waals surface area contributed by atoms with Crippen molar-refractivity contribution in [2.24, 2.45) is 0 Å². The lowest BCUT2D eigenvalue weighted by atomic mass is 10.00. The summed E-state index contributed by atoms with van der Waals surface area (Å²) in [6.07, 6.45) is 3.17. The Bertz CT molecular complexity index is 1030. The van der Waals surface area contributed by atoms with Crippen molar-refractivity contribution in [3.63, 3.8) is 0 Å². The summed E-state index contributed by atoms with van der Waals surface area (Å²) in [5.74, 6) is -1.38. The number of hydrogen-bond donors (Lipinski definition) is 0. The highest BCUT2D eigenvalue weighted by Crippen LogP contribution is 2.24. The third kappa shape index (κ3) is 4.55. The van der Waals surface area contributed by atoms with Gasteiger partial charge in [0.05, 0.1) is 11.3 Å². The number of hydrogen-bond acceptors (Lipinski definition) is 5. The van der Waals surface area contributed by atoms with Gasteiger partial charge in [0, 0.05) is 25.9 Å². The Kier molecular flexibility index (Phi) is 5.93. The van der Waals surface area contributed by atoms with Gasteiger partial charge < -0.3 is 9.64 Å². The monoisotopic (exact) mass is 418 g/mol. The van der Waals surface area contributed by atoms with E-state index in [9.17, 15) is 19.2 Å². The normalized spacial score (nSPS) is 16.3. The first-order valence-electron chi connectivity index (χ1n) is 10.2. The lowest BCUT2D eigenvalue weighted by Crippen LogP contribution is -2.37. The van der Waals surface area contributed by atoms with Gasteiger partial charge in [-0.2, -0.15) is 0 Å². The summed E-state index contributed by atoms with van der Waals surface area (Å²) < 4.78 is 5.16. The van der Waals surface area contributed by atoms with Gasteiger partial charge in [0.2, 0.25) is 11.8 Å². The molecule has 4 rings (SSSR count). The van der Waals surface area contributed by atoms with E-state index in [0.717, 1.165) is 16.9 Å². The second kappa shape index (κ2) is 8.95. The SMILES string of the molecule is O=C(OCC(=O)N1CC=C(c2ccccc2)CC1)c1ccc(N2C(=O)CCC2=O)cc1. The van der Waals surface area contributed by atoms with Crippen LogP contribution in [0.4, 0.5) is 5.69 Å². The minimum atomic E-state index is -0.628. The molecule has 2 aliphatic rings. The van der Waals surface area contributed by atoms with E-state index in [2.05, 4.69) is 0 Å². The Morgan fingerprint density at radius 1 is 0.871 bits per heavy atom. The molecule has 3 amide bonds. The van der Waals surface area contributed by atoms with Gasteiger partial charge in [-0.25, -0.2) is 4.79 Å². The topological polar surface area (TPSA) is 84.0 Å². The molecule has 158 valence electrons. The molecule has 0 bridgehead atoms. The second-order valence-corrected chi connectivity index (χ2v) is 7.43. The zero-order valence-corrected chi connectivity index (χ0v) is 17.0. The molecule has 0 N–H and O–H groups in total. The number of carbonyl (C=O) groups is 4. The van der Waals surface area contributed by atoms with Crippen LogP contribution in [0.25, 0.3) is 5.57 Å². The third-order valence-electron chi connectivity index (χ3n) is 5.45. The number of amides is 3. The zero-order valence-electron chi connectivity index (χ0n) is 17.0. The van der Waals surface area contributed by atoms with Crippen LogP contribution in [0.2, 0.25) is 0 Å². The highest BCUT2D eigenvalue weighted by molar-refractivity contribution is 6.19. The van der Waals surface area contributed by atoms with E-state index in [0.29, 0.717) is 18.8 Å². The van der Waals surface area contributed by atoms with E-state index in [4.69, 9.17) is 4.74 Å². The number of carbonyl (C=O) groups excluding carboxylic acids is 4. The number of ether oxygens (including phenoxy) is 1. The van der Waals surface area contributed by atoms with Crippen LogP contribution in [-0.4, -0.2) is 48.3 Å². The molecule has 1 saturated heterocycles. The summed E-state index contributed by atoms with van der Waals surface area (Å²) in [6.45, 7) is 0.717. The molecule has 2 aromatic rings. The lowest BCUT2D eigenvalue weighted by Gasteiger charge is -2.26. The second-order valence-electron chi connectivity index (χ2n) is 7.43. The van der Waals surface area contributed by atoms with Crippen molar-refractivity contribution in [1.29, 1.82) is 0 Å². The zero-order chi connectivity index (χ0) is 21.8. The van der Waals surface area contributed by atoms with Gasteiger partial charge in [-0.1, -0.05) is 36.4 Å². The fraction of sp³-hybridized carbons (Fsp3) is 0.250. The van der Waals surface area contributed by atoms with Gasteiger partial charge in [-0.15, -0.1) is 0 Å². The van der Waals surface area contributed by atoms with Crippen molar-refractivity contribution in [3.05, 3.63) is 71.8 Å². The van der Waals surface area contributed by atoms with Crippen molar-refractivity contribution in [2.75, 3.05) is 24.6 Å². The van der Waals surface area contributed by atoms with E-state index in [1.807, 2.05) is 36.4 Å². The van der Waals surface area contributed by atoms with Crippen LogP contribution in [0.5, 0.6) is 0 Å². The largest absolute Gasteiger partial charge is 0.452 e. The Balaban J connectivity index is 1.30. The number of nitrogens with zero attached hydrogens (tertiary/aromatic N) is 2. The summed E-state index contributed by atoms with van der Waals surface area (Å²) in [5.41, 5.74) is 3.04. The number of imide groups is 1. The molecule has 2 aromatic carbocycles. The van der Waals surface area contributed by atoms with E-state index < -0.39 is 5.97 Å². The average molecular weight is 418 g/mol. The molecule has 2 aliphatic heterocycles. The smallest absolute Gasteiger partial charge is 0.338 e. The van der Waals surface area contributed by atoms with Gasteiger partial charge in [-0.3, -0.25) is 19.3 Å². The van der Waals surface area contributed by atoms with Gasteiger partial charge in [-0.05, 0) is 41.8 Å². The molecule has 0 saturated carbocycles. The van der Waals surface area contributed by atoms with Gasteiger partial charge >= 0.3 is 5.97 Å². The van der Waals surface area contributed by atoms with Crippen molar-refractivity contribution in [1.82, 2.24) is 4.90 Å². The van der Waals surface area contributed by atoms with Crippen LogP contribution in [0.1, 0.15) is 35.2 Å². The molecular weight excluding hydrogens is 396 g/mol. The maximum Gasteiger partial charge on any atom is 0.338 e. The van der Waals surface area contributed by atoms with Crippen molar-refractivity contribution in [3.8, 4) is 0 Å². The minimum absolute atomic E-state index is 0.198. The maximum atomic E-state index is 12.4. The maximum absolute atomic E-state index is 12.4. The molecule has 0 unspecified atom stereocenters. The number of esters is 1. The van der Waals surface area contributed by atoms with Crippen LogP contribution in [-0.2, 0) is 19.1 Å². The predicted molar refractivity (Wildman–Crippen MR) is 114 cm³/mol. The molecule has 0 aliphatic carbocycles. The summed E-state index contributed by atoms with van der Waals surface area (Å²) in [6, 6.07) is 16.1. The Morgan fingerprint density at radius 2 is 1.55 bits per heavy atom. The molecule has 2 heterocycles. The van der Waals surface area contributed by atoms with Crippen LogP contribution >= 0.6 is 0 Å². The molecule has 7 heteroatoms. The van der Waals surface area contributed by atoms with Crippen LogP contribution in [0.15, 0.2) is 60.7 Å². The average Bonchev–Trinajstić information content (AvgIpc) is 3.16. The first-order valence-corrected chi connectivity index (χ1v) is 10.2. The fourth-order valence-corrected chi connectivity index (χ4v) is 3.72. The Labute approximate surface area is 179 Å². The first kappa shape index (κ1) is 20.5.